The minimum absolute atomic E-state index is 0.236. The topological polar surface area (TPSA) is 81.5 Å². The molecular weight excluding hydrogens is 228 g/mol. The first kappa shape index (κ1) is 14.8. The lowest BCUT2D eigenvalue weighted by molar-refractivity contribution is 0.362. The number of hydrogen-bond donors (Lipinski definition) is 3. The summed E-state index contributed by atoms with van der Waals surface area (Å²) in [4.78, 5) is 0. The summed E-state index contributed by atoms with van der Waals surface area (Å²) in [6.45, 7) is 3.27. The Hall–Kier alpha value is -1.26. The van der Waals surface area contributed by atoms with Crippen molar-refractivity contribution in [3.63, 3.8) is 0 Å². The molecule has 1 rings (SSSR count). The van der Waals surface area contributed by atoms with E-state index in [0.29, 0.717) is 24.8 Å². The number of para-hydroxylation sites is 1. The van der Waals surface area contributed by atoms with Crippen LogP contribution in [0.15, 0.2) is 18.2 Å². The second kappa shape index (κ2) is 7.24. The van der Waals surface area contributed by atoms with Crippen molar-refractivity contribution in [1.29, 1.82) is 0 Å². The van der Waals surface area contributed by atoms with Gasteiger partial charge in [-0.15, -0.1) is 0 Å². The number of rotatable bonds is 7. The molecule has 0 aliphatic carbocycles. The van der Waals surface area contributed by atoms with E-state index in [4.69, 9.17) is 16.2 Å². The van der Waals surface area contributed by atoms with Crippen molar-refractivity contribution in [2.75, 3.05) is 20.2 Å². The lowest BCUT2D eigenvalue weighted by atomic mass is 9.86. The number of benzene rings is 1. The van der Waals surface area contributed by atoms with Crippen LogP contribution >= 0.6 is 0 Å². The van der Waals surface area contributed by atoms with Gasteiger partial charge in [-0.1, -0.05) is 19.1 Å². The number of phenolic OH excluding ortho intramolecular Hbond substituents is 1. The molecule has 0 amide bonds. The predicted molar refractivity (Wildman–Crippen MR) is 73.9 cm³/mol. The van der Waals surface area contributed by atoms with E-state index < -0.39 is 0 Å². The lowest BCUT2D eigenvalue weighted by Crippen LogP contribution is -2.25. The molecule has 4 nitrogen and oxygen atoms in total. The molecule has 1 aromatic rings. The maximum atomic E-state index is 10.2. The van der Waals surface area contributed by atoms with Gasteiger partial charge in [0.05, 0.1) is 7.11 Å². The molecule has 0 saturated heterocycles. The molecule has 4 heteroatoms. The number of hydrogen-bond acceptors (Lipinski definition) is 4. The van der Waals surface area contributed by atoms with E-state index in [9.17, 15) is 5.11 Å². The van der Waals surface area contributed by atoms with Gasteiger partial charge in [0.1, 0.15) is 0 Å². The van der Waals surface area contributed by atoms with Crippen molar-refractivity contribution in [2.45, 2.75) is 25.7 Å². The standard InChI is InChI=1S/C14H24N2O2/c1-3-11(7-10(8-15)9-16)12-5-4-6-13(18-2)14(12)17/h4-6,10-11,17H,3,7-9,15-16H2,1-2H3. The van der Waals surface area contributed by atoms with E-state index in [0.717, 1.165) is 18.4 Å². The summed E-state index contributed by atoms with van der Waals surface area (Å²) in [6.07, 6.45) is 1.83. The van der Waals surface area contributed by atoms with Crippen LogP contribution in [0.1, 0.15) is 31.2 Å². The summed E-state index contributed by atoms with van der Waals surface area (Å²) in [6, 6.07) is 5.60. The van der Waals surface area contributed by atoms with Crippen LogP contribution in [0.4, 0.5) is 0 Å². The van der Waals surface area contributed by atoms with Gasteiger partial charge in [0.25, 0.3) is 0 Å². The zero-order chi connectivity index (χ0) is 13.5. The fourth-order valence-electron chi connectivity index (χ4n) is 2.24. The molecule has 5 N–H and O–H groups in total. The van der Waals surface area contributed by atoms with Crippen LogP contribution in [0.3, 0.4) is 0 Å². The molecule has 0 saturated carbocycles. The third-order valence-corrected chi connectivity index (χ3v) is 3.47. The largest absolute Gasteiger partial charge is 0.504 e. The quantitative estimate of drug-likeness (QED) is 0.691. The summed E-state index contributed by atoms with van der Waals surface area (Å²) in [7, 11) is 1.56. The average Bonchev–Trinajstić information content (AvgIpc) is 2.41. The highest BCUT2D eigenvalue weighted by Gasteiger charge is 2.19. The minimum atomic E-state index is 0.236. The fourth-order valence-corrected chi connectivity index (χ4v) is 2.24. The van der Waals surface area contributed by atoms with E-state index >= 15 is 0 Å². The molecule has 102 valence electrons. The third-order valence-electron chi connectivity index (χ3n) is 3.47. The van der Waals surface area contributed by atoms with Crippen LogP contribution in [0, 0.1) is 5.92 Å². The van der Waals surface area contributed by atoms with Gasteiger partial charge in [-0.2, -0.15) is 0 Å². The molecular formula is C14H24N2O2. The van der Waals surface area contributed by atoms with Crippen LogP contribution in [-0.4, -0.2) is 25.3 Å². The second-order valence-electron chi connectivity index (χ2n) is 4.58. The Bertz CT molecular complexity index is 365. The van der Waals surface area contributed by atoms with Gasteiger partial charge in [0, 0.05) is 5.56 Å². The first-order valence-electron chi connectivity index (χ1n) is 6.43. The molecule has 0 spiro atoms. The van der Waals surface area contributed by atoms with Crippen molar-refractivity contribution in [2.24, 2.45) is 17.4 Å². The number of ether oxygens (including phenoxy) is 1. The van der Waals surface area contributed by atoms with Crippen molar-refractivity contribution < 1.29 is 9.84 Å². The van der Waals surface area contributed by atoms with Crippen molar-refractivity contribution >= 4 is 0 Å². The molecule has 18 heavy (non-hydrogen) atoms. The van der Waals surface area contributed by atoms with E-state index in [1.54, 1.807) is 13.2 Å². The third kappa shape index (κ3) is 3.37. The number of aromatic hydroxyl groups is 1. The summed E-state index contributed by atoms with van der Waals surface area (Å²) < 4.78 is 5.14. The van der Waals surface area contributed by atoms with Crippen LogP contribution in [0.25, 0.3) is 0 Å². The Morgan fingerprint density at radius 3 is 2.44 bits per heavy atom. The minimum Gasteiger partial charge on any atom is -0.504 e. The van der Waals surface area contributed by atoms with E-state index in [1.807, 2.05) is 12.1 Å². The van der Waals surface area contributed by atoms with Crippen molar-refractivity contribution in [3.05, 3.63) is 23.8 Å². The number of phenols is 1. The summed E-state index contributed by atoms with van der Waals surface area (Å²) in [5.41, 5.74) is 12.3. The summed E-state index contributed by atoms with van der Waals surface area (Å²) in [5, 5.41) is 10.2. The fraction of sp³-hybridized carbons (Fsp3) is 0.571. The molecule has 1 unspecified atom stereocenters. The Kier molecular flexibility index (Phi) is 5.95. The molecule has 0 aromatic heterocycles. The van der Waals surface area contributed by atoms with Gasteiger partial charge >= 0.3 is 0 Å². The SMILES string of the molecule is CCC(CC(CN)CN)c1cccc(OC)c1O. The van der Waals surface area contributed by atoms with Gasteiger partial charge in [0.15, 0.2) is 11.5 Å². The monoisotopic (exact) mass is 252 g/mol. The Morgan fingerprint density at radius 2 is 1.94 bits per heavy atom. The second-order valence-corrected chi connectivity index (χ2v) is 4.58. The highest BCUT2D eigenvalue weighted by Crippen LogP contribution is 2.38. The van der Waals surface area contributed by atoms with Gasteiger partial charge < -0.3 is 21.3 Å². The van der Waals surface area contributed by atoms with Crippen LogP contribution in [0.5, 0.6) is 11.5 Å². The smallest absolute Gasteiger partial charge is 0.161 e. The number of methoxy groups -OCH3 is 1. The zero-order valence-electron chi connectivity index (χ0n) is 11.2. The normalized spacial score (nSPS) is 12.7. The molecule has 0 heterocycles. The zero-order valence-corrected chi connectivity index (χ0v) is 11.2. The Morgan fingerprint density at radius 1 is 1.28 bits per heavy atom. The lowest BCUT2D eigenvalue weighted by Gasteiger charge is -2.22. The summed E-state index contributed by atoms with van der Waals surface area (Å²) >= 11 is 0. The molecule has 0 fully saturated rings. The van der Waals surface area contributed by atoms with Gasteiger partial charge in [-0.05, 0) is 43.8 Å². The first-order valence-corrected chi connectivity index (χ1v) is 6.43. The molecule has 1 atom stereocenters. The van der Waals surface area contributed by atoms with E-state index in [-0.39, 0.29) is 11.7 Å². The molecule has 0 bridgehead atoms. The van der Waals surface area contributed by atoms with Gasteiger partial charge in [-0.3, -0.25) is 0 Å². The van der Waals surface area contributed by atoms with Crippen LogP contribution in [0.2, 0.25) is 0 Å². The highest BCUT2D eigenvalue weighted by atomic mass is 16.5. The Balaban J connectivity index is 2.94. The maximum Gasteiger partial charge on any atom is 0.161 e. The van der Waals surface area contributed by atoms with Crippen LogP contribution in [-0.2, 0) is 0 Å². The van der Waals surface area contributed by atoms with Crippen molar-refractivity contribution in [3.8, 4) is 11.5 Å². The van der Waals surface area contributed by atoms with Gasteiger partial charge in [-0.25, -0.2) is 0 Å². The Labute approximate surface area is 109 Å². The number of nitrogens with two attached hydrogens (primary N) is 2. The van der Waals surface area contributed by atoms with E-state index in [2.05, 4.69) is 6.92 Å². The first-order chi connectivity index (χ1) is 8.67. The van der Waals surface area contributed by atoms with E-state index in [1.165, 1.54) is 0 Å². The maximum absolute atomic E-state index is 10.2. The highest BCUT2D eigenvalue weighted by molar-refractivity contribution is 5.47. The average molecular weight is 252 g/mol. The van der Waals surface area contributed by atoms with Gasteiger partial charge in [0.2, 0.25) is 0 Å². The predicted octanol–water partition coefficient (Wildman–Crippen LogP) is 1.82. The molecule has 1 aromatic carbocycles. The summed E-state index contributed by atoms with van der Waals surface area (Å²) in [5.74, 6) is 1.31. The van der Waals surface area contributed by atoms with Crippen LogP contribution < -0.4 is 16.2 Å². The van der Waals surface area contributed by atoms with Crippen molar-refractivity contribution in [1.82, 2.24) is 0 Å². The molecule has 0 aliphatic heterocycles. The molecule has 0 aliphatic rings. The molecule has 0 radical (unpaired) electrons.